The van der Waals surface area contributed by atoms with Gasteiger partial charge in [0.15, 0.2) is 0 Å². The van der Waals surface area contributed by atoms with Crippen molar-refractivity contribution in [1.29, 1.82) is 0 Å². The monoisotopic (exact) mass is 337 g/mol. The lowest BCUT2D eigenvalue weighted by Crippen LogP contribution is -2.26. The molecule has 0 unspecified atom stereocenters. The van der Waals surface area contributed by atoms with E-state index in [4.69, 9.17) is 9.47 Å². The Hall–Kier alpha value is -3.34. The van der Waals surface area contributed by atoms with Gasteiger partial charge in [0, 0.05) is 12.2 Å². The van der Waals surface area contributed by atoms with Crippen molar-refractivity contribution >= 4 is 24.0 Å². The standard InChI is InChI=1S/C20H19NO4/c1-24-17-9-3-15(4-10-17)7-13-19(22)21-20(23)14-8-16-5-11-18(25-2)12-6-16/h3-14H,1-2H3,(H,21,22,23)/b13-7+,14-8+. The van der Waals surface area contributed by atoms with Crippen LogP contribution in [-0.4, -0.2) is 26.0 Å². The molecule has 0 bridgehead atoms. The quantitative estimate of drug-likeness (QED) is 0.823. The smallest absolute Gasteiger partial charge is 0.250 e. The second-order valence-corrected chi connectivity index (χ2v) is 5.07. The molecule has 0 aliphatic carbocycles. The molecule has 2 aromatic carbocycles. The van der Waals surface area contributed by atoms with Crippen molar-refractivity contribution in [2.75, 3.05) is 14.2 Å². The second-order valence-electron chi connectivity index (χ2n) is 5.07. The lowest BCUT2D eigenvalue weighted by atomic mass is 10.2. The highest BCUT2D eigenvalue weighted by Crippen LogP contribution is 2.13. The molecule has 0 atom stereocenters. The van der Waals surface area contributed by atoms with E-state index in [2.05, 4.69) is 5.32 Å². The second kappa shape index (κ2) is 9.08. The van der Waals surface area contributed by atoms with Crippen LogP contribution in [0.4, 0.5) is 0 Å². The number of rotatable bonds is 6. The van der Waals surface area contributed by atoms with Gasteiger partial charge in [-0.3, -0.25) is 14.9 Å². The fourth-order valence-electron chi connectivity index (χ4n) is 1.98. The van der Waals surface area contributed by atoms with Crippen LogP contribution in [0.3, 0.4) is 0 Å². The van der Waals surface area contributed by atoms with E-state index in [0.717, 1.165) is 22.6 Å². The summed E-state index contributed by atoms with van der Waals surface area (Å²) in [7, 11) is 3.17. The molecule has 0 saturated carbocycles. The van der Waals surface area contributed by atoms with E-state index in [9.17, 15) is 9.59 Å². The number of carbonyl (C=O) groups excluding carboxylic acids is 2. The molecular formula is C20H19NO4. The van der Waals surface area contributed by atoms with Crippen LogP contribution in [0.1, 0.15) is 11.1 Å². The van der Waals surface area contributed by atoms with Gasteiger partial charge in [-0.2, -0.15) is 0 Å². The maximum Gasteiger partial charge on any atom is 0.250 e. The molecule has 2 aromatic rings. The number of methoxy groups -OCH3 is 2. The third kappa shape index (κ3) is 5.99. The average molecular weight is 337 g/mol. The predicted octanol–water partition coefficient (Wildman–Crippen LogP) is 3.07. The van der Waals surface area contributed by atoms with Gasteiger partial charge in [0.2, 0.25) is 0 Å². The van der Waals surface area contributed by atoms with Crippen molar-refractivity contribution in [3.8, 4) is 11.5 Å². The Labute approximate surface area is 146 Å². The zero-order valence-corrected chi connectivity index (χ0v) is 14.1. The first-order chi connectivity index (χ1) is 12.1. The van der Waals surface area contributed by atoms with Crippen LogP contribution in [0.2, 0.25) is 0 Å². The third-order valence-electron chi connectivity index (χ3n) is 3.33. The maximum atomic E-state index is 11.8. The minimum Gasteiger partial charge on any atom is -0.497 e. The summed E-state index contributed by atoms with van der Waals surface area (Å²) < 4.78 is 10.1. The molecule has 25 heavy (non-hydrogen) atoms. The summed E-state index contributed by atoms with van der Waals surface area (Å²) in [4.78, 5) is 23.5. The summed E-state index contributed by atoms with van der Waals surface area (Å²) in [5.74, 6) is 0.501. The Morgan fingerprint density at radius 1 is 0.720 bits per heavy atom. The van der Waals surface area contributed by atoms with Gasteiger partial charge in [-0.05, 0) is 47.5 Å². The molecule has 0 spiro atoms. The molecule has 2 rings (SSSR count). The molecule has 0 fully saturated rings. The topological polar surface area (TPSA) is 64.6 Å². The Morgan fingerprint density at radius 2 is 1.08 bits per heavy atom. The zero-order chi connectivity index (χ0) is 18.1. The Morgan fingerprint density at radius 3 is 1.40 bits per heavy atom. The number of hydrogen-bond donors (Lipinski definition) is 1. The highest BCUT2D eigenvalue weighted by Gasteiger charge is 2.01. The van der Waals surface area contributed by atoms with E-state index in [0.29, 0.717) is 0 Å². The lowest BCUT2D eigenvalue weighted by molar-refractivity contribution is -0.125. The van der Waals surface area contributed by atoms with E-state index >= 15 is 0 Å². The predicted molar refractivity (Wildman–Crippen MR) is 97.2 cm³/mol. The molecule has 128 valence electrons. The summed E-state index contributed by atoms with van der Waals surface area (Å²) in [5.41, 5.74) is 1.66. The van der Waals surface area contributed by atoms with E-state index < -0.39 is 11.8 Å². The summed E-state index contributed by atoms with van der Waals surface area (Å²) in [6.45, 7) is 0. The Kier molecular flexibility index (Phi) is 6.54. The van der Waals surface area contributed by atoms with Crippen molar-refractivity contribution < 1.29 is 19.1 Å². The molecule has 0 aliphatic rings. The van der Waals surface area contributed by atoms with Gasteiger partial charge in [-0.15, -0.1) is 0 Å². The zero-order valence-electron chi connectivity index (χ0n) is 14.1. The first-order valence-corrected chi connectivity index (χ1v) is 7.60. The number of nitrogens with one attached hydrogen (secondary N) is 1. The van der Waals surface area contributed by atoms with Crippen LogP contribution in [0.15, 0.2) is 60.7 Å². The SMILES string of the molecule is COc1ccc(/C=C/C(=O)NC(=O)/C=C/c2ccc(OC)cc2)cc1. The summed E-state index contributed by atoms with van der Waals surface area (Å²) in [6.07, 6.45) is 5.85. The van der Waals surface area contributed by atoms with Crippen molar-refractivity contribution in [3.63, 3.8) is 0 Å². The average Bonchev–Trinajstić information content (AvgIpc) is 2.65. The molecule has 2 amide bonds. The minimum absolute atomic E-state index is 0.486. The Bertz CT molecular complexity index is 707. The number of amides is 2. The van der Waals surface area contributed by atoms with Gasteiger partial charge in [0.25, 0.3) is 11.8 Å². The molecule has 0 radical (unpaired) electrons. The number of ether oxygens (including phenoxy) is 2. The number of benzene rings is 2. The molecular weight excluding hydrogens is 318 g/mol. The lowest BCUT2D eigenvalue weighted by Gasteiger charge is -2.00. The van der Waals surface area contributed by atoms with Gasteiger partial charge in [0.05, 0.1) is 14.2 Å². The van der Waals surface area contributed by atoms with Gasteiger partial charge < -0.3 is 9.47 Å². The van der Waals surface area contributed by atoms with Crippen molar-refractivity contribution in [2.45, 2.75) is 0 Å². The highest BCUT2D eigenvalue weighted by atomic mass is 16.5. The van der Waals surface area contributed by atoms with Crippen LogP contribution < -0.4 is 14.8 Å². The van der Waals surface area contributed by atoms with E-state index in [1.54, 1.807) is 50.6 Å². The molecule has 0 saturated heterocycles. The van der Waals surface area contributed by atoms with Crippen LogP contribution in [0.25, 0.3) is 12.2 Å². The normalized spacial score (nSPS) is 10.8. The van der Waals surface area contributed by atoms with Crippen molar-refractivity contribution in [2.24, 2.45) is 0 Å². The van der Waals surface area contributed by atoms with Crippen LogP contribution >= 0.6 is 0 Å². The number of hydrogen-bond acceptors (Lipinski definition) is 4. The van der Waals surface area contributed by atoms with Gasteiger partial charge in [-0.1, -0.05) is 24.3 Å². The third-order valence-corrected chi connectivity index (χ3v) is 3.33. The minimum atomic E-state index is -0.486. The van der Waals surface area contributed by atoms with Crippen LogP contribution in [0, 0.1) is 0 Å². The van der Waals surface area contributed by atoms with Crippen molar-refractivity contribution in [3.05, 3.63) is 71.8 Å². The van der Waals surface area contributed by atoms with E-state index in [1.165, 1.54) is 12.2 Å². The first kappa shape index (κ1) is 18.0. The molecule has 5 nitrogen and oxygen atoms in total. The van der Waals surface area contributed by atoms with Crippen molar-refractivity contribution in [1.82, 2.24) is 5.32 Å². The van der Waals surface area contributed by atoms with Crippen LogP contribution in [-0.2, 0) is 9.59 Å². The number of carbonyl (C=O) groups is 2. The maximum absolute atomic E-state index is 11.8. The Balaban J connectivity index is 1.86. The summed E-state index contributed by atoms with van der Waals surface area (Å²) in [5, 5.41) is 2.26. The van der Waals surface area contributed by atoms with E-state index in [1.807, 2.05) is 24.3 Å². The van der Waals surface area contributed by atoms with Gasteiger partial charge >= 0.3 is 0 Å². The molecule has 0 aliphatic heterocycles. The molecule has 0 heterocycles. The highest BCUT2D eigenvalue weighted by molar-refractivity contribution is 6.07. The largest absolute Gasteiger partial charge is 0.497 e. The van der Waals surface area contributed by atoms with Gasteiger partial charge in [0.1, 0.15) is 11.5 Å². The fourth-order valence-corrected chi connectivity index (χ4v) is 1.98. The summed E-state index contributed by atoms with van der Waals surface area (Å²) in [6, 6.07) is 14.4. The summed E-state index contributed by atoms with van der Waals surface area (Å²) >= 11 is 0. The number of imide groups is 1. The fraction of sp³-hybridized carbons (Fsp3) is 0.100. The first-order valence-electron chi connectivity index (χ1n) is 7.60. The van der Waals surface area contributed by atoms with Gasteiger partial charge in [-0.25, -0.2) is 0 Å². The van der Waals surface area contributed by atoms with Crippen LogP contribution in [0.5, 0.6) is 11.5 Å². The molecule has 5 heteroatoms. The molecule has 1 N–H and O–H groups in total. The molecule has 0 aromatic heterocycles. The van der Waals surface area contributed by atoms with E-state index in [-0.39, 0.29) is 0 Å².